The van der Waals surface area contributed by atoms with Crippen LogP contribution in [0.4, 0.5) is 13.2 Å². The Morgan fingerprint density at radius 1 is 1.28 bits per heavy atom. The number of carbonyl (C=O) groups is 1. The van der Waals surface area contributed by atoms with Gasteiger partial charge in [-0.2, -0.15) is 4.99 Å². The number of carbonyl (C=O) groups excluding carboxylic acids is 1. The van der Waals surface area contributed by atoms with Crippen molar-refractivity contribution in [3.05, 3.63) is 63.2 Å². The van der Waals surface area contributed by atoms with E-state index in [0.29, 0.717) is 6.07 Å². The first kappa shape index (κ1) is 17.3. The predicted molar refractivity (Wildman–Crippen MR) is 89.9 cm³/mol. The van der Waals surface area contributed by atoms with E-state index in [1.165, 1.54) is 16.7 Å². The average molecular weight is 381 g/mol. The van der Waals surface area contributed by atoms with Crippen molar-refractivity contribution in [2.24, 2.45) is 4.99 Å². The van der Waals surface area contributed by atoms with Gasteiger partial charge >= 0.3 is 0 Å². The Hall–Kier alpha value is -2.56. The van der Waals surface area contributed by atoms with Crippen LogP contribution >= 0.6 is 22.9 Å². The van der Waals surface area contributed by atoms with Crippen LogP contribution in [0, 0.1) is 29.8 Å². The van der Waals surface area contributed by atoms with E-state index >= 15 is 0 Å². The van der Waals surface area contributed by atoms with E-state index in [9.17, 15) is 18.0 Å². The molecule has 8 heteroatoms. The Bertz CT molecular complexity index is 1090. The van der Waals surface area contributed by atoms with Gasteiger partial charge in [0, 0.05) is 6.07 Å². The number of fused-ring (bicyclic) bond motifs is 1. The molecule has 0 spiro atoms. The third kappa shape index (κ3) is 3.18. The Labute approximate surface area is 149 Å². The van der Waals surface area contributed by atoms with Gasteiger partial charge < -0.3 is 4.57 Å². The minimum Gasteiger partial charge on any atom is -0.302 e. The number of hydrogen-bond acceptors (Lipinski definition) is 2. The number of amides is 1. The topological polar surface area (TPSA) is 34.4 Å². The summed E-state index contributed by atoms with van der Waals surface area (Å²) in [5.41, 5.74) is -0.379. The molecule has 1 aromatic heterocycles. The highest BCUT2D eigenvalue weighted by Crippen LogP contribution is 2.23. The molecule has 0 aliphatic rings. The maximum atomic E-state index is 14.1. The fraction of sp³-hybridized carbons (Fsp3) is 0.0588. The maximum Gasteiger partial charge on any atom is 0.284 e. The van der Waals surface area contributed by atoms with Gasteiger partial charge in [0.1, 0.15) is 11.6 Å². The number of aromatic nitrogens is 1. The van der Waals surface area contributed by atoms with Crippen molar-refractivity contribution in [2.45, 2.75) is 6.54 Å². The van der Waals surface area contributed by atoms with Crippen LogP contribution in [0.3, 0.4) is 0 Å². The van der Waals surface area contributed by atoms with Crippen LogP contribution in [0.2, 0.25) is 5.02 Å². The van der Waals surface area contributed by atoms with Gasteiger partial charge in [0.15, 0.2) is 10.6 Å². The van der Waals surface area contributed by atoms with E-state index in [4.69, 9.17) is 18.0 Å². The first-order valence-corrected chi connectivity index (χ1v) is 8.06. The summed E-state index contributed by atoms with van der Waals surface area (Å²) < 4.78 is 42.8. The summed E-state index contributed by atoms with van der Waals surface area (Å²) in [6.07, 6.45) is 5.28. The molecule has 0 saturated carbocycles. The lowest BCUT2D eigenvalue weighted by Gasteiger charge is -2.02. The number of rotatable bonds is 2. The lowest BCUT2D eigenvalue weighted by Crippen LogP contribution is -2.17. The monoisotopic (exact) mass is 380 g/mol. The Balaban J connectivity index is 2.26. The van der Waals surface area contributed by atoms with Crippen molar-refractivity contribution < 1.29 is 18.0 Å². The van der Waals surface area contributed by atoms with Gasteiger partial charge in [0.25, 0.3) is 5.91 Å². The van der Waals surface area contributed by atoms with Gasteiger partial charge in [-0.05, 0) is 18.2 Å². The number of halogens is 4. The number of benzene rings is 2. The van der Waals surface area contributed by atoms with Crippen LogP contribution in [0.25, 0.3) is 10.2 Å². The quantitative estimate of drug-likeness (QED) is 0.615. The summed E-state index contributed by atoms with van der Waals surface area (Å²) in [6.45, 7) is -0.0975. The van der Waals surface area contributed by atoms with Crippen molar-refractivity contribution in [1.29, 1.82) is 0 Å². The molecule has 3 rings (SSSR count). The molecule has 0 fully saturated rings. The summed E-state index contributed by atoms with van der Waals surface area (Å²) >= 11 is 6.71. The van der Waals surface area contributed by atoms with Crippen LogP contribution in [0.1, 0.15) is 10.4 Å². The minimum atomic E-state index is -0.943. The molecule has 3 aromatic rings. The molecule has 0 radical (unpaired) electrons. The van der Waals surface area contributed by atoms with Crippen molar-refractivity contribution in [3.8, 4) is 12.3 Å². The molecule has 0 saturated heterocycles. The number of thiazole rings is 1. The van der Waals surface area contributed by atoms with Crippen LogP contribution in [-0.4, -0.2) is 10.5 Å². The molecule has 0 unspecified atom stereocenters. The highest BCUT2D eigenvalue weighted by molar-refractivity contribution is 7.16. The summed E-state index contributed by atoms with van der Waals surface area (Å²) in [4.78, 5) is 16.2. The van der Waals surface area contributed by atoms with Crippen LogP contribution in [0.15, 0.2) is 35.3 Å². The van der Waals surface area contributed by atoms with Crippen molar-refractivity contribution in [3.63, 3.8) is 0 Å². The minimum absolute atomic E-state index is 0.0155. The predicted octanol–water partition coefficient (Wildman–Crippen LogP) is 4.15. The van der Waals surface area contributed by atoms with E-state index in [2.05, 4.69) is 10.9 Å². The molecule has 3 nitrogen and oxygen atoms in total. The maximum absolute atomic E-state index is 14.1. The van der Waals surface area contributed by atoms with Crippen molar-refractivity contribution in [1.82, 2.24) is 4.57 Å². The van der Waals surface area contributed by atoms with Gasteiger partial charge in [-0.15, -0.1) is 6.42 Å². The zero-order valence-electron chi connectivity index (χ0n) is 12.4. The second-order valence-corrected chi connectivity index (χ2v) is 6.34. The van der Waals surface area contributed by atoms with Gasteiger partial charge in [0.2, 0.25) is 0 Å². The number of terminal acetylenes is 1. The fourth-order valence-electron chi connectivity index (χ4n) is 2.30. The van der Waals surface area contributed by atoms with E-state index in [1.807, 2.05) is 0 Å². The molecule has 1 amide bonds. The average Bonchev–Trinajstić information content (AvgIpc) is 2.85. The van der Waals surface area contributed by atoms with Gasteiger partial charge in [-0.25, -0.2) is 13.2 Å². The van der Waals surface area contributed by atoms with Crippen LogP contribution in [0.5, 0.6) is 0 Å². The van der Waals surface area contributed by atoms with Gasteiger partial charge in [-0.1, -0.05) is 34.9 Å². The highest BCUT2D eigenvalue weighted by Gasteiger charge is 2.17. The van der Waals surface area contributed by atoms with Gasteiger partial charge in [-0.3, -0.25) is 4.79 Å². The molecule has 25 heavy (non-hydrogen) atoms. The Morgan fingerprint density at radius 3 is 2.72 bits per heavy atom. The molecule has 1 heterocycles. The van der Waals surface area contributed by atoms with E-state index in [0.717, 1.165) is 23.5 Å². The van der Waals surface area contributed by atoms with Crippen molar-refractivity contribution in [2.75, 3.05) is 0 Å². The number of nitrogens with zero attached hydrogens (tertiary/aromatic N) is 2. The Morgan fingerprint density at radius 2 is 2.04 bits per heavy atom. The SMILES string of the molecule is C#CCn1c(=NC(=O)c2c(F)cccc2Cl)sc2cc(F)cc(F)c21. The third-order valence-corrected chi connectivity index (χ3v) is 4.66. The van der Waals surface area contributed by atoms with Crippen LogP contribution in [-0.2, 0) is 6.54 Å². The summed E-state index contributed by atoms with van der Waals surface area (Å²) in [6, 6.07) is 5.59. The second-order valence-electron chi connectivity index (χ2n) is 4.92. The lowest BCUT2D eigenvalue weighted by atomic mass is 10.2. The van der Waals surface area contributed by atoms with E-state index in [1.54, 1.807) is 0 Å². The second kappa shape index (κ2) is 6.75. The molecule has 0 N–H and O–H groups in total. The summed E-state index contributed by atoms with van der Waals surface area (Å²) in [5.74, 6) is -1.06. The summed E-state index contributed by atoms with van der Waals surface area (Å²) in [5, 5.41) is -0.101. The molecule has 0 bridgehead atoms. The molecule has 126 valence electrons. The van der Waals surface area contributed by atoms with E-state index < -0.39 is 28.9 Å². The number of hydrogen-bond donors (Lipinski definition) is 0. The Kier molecular flexibility index (Phi) is 4.66. The summed E-state index contributed by atoms with van der Waals surface area (Å²) in [7, 11) is 0. The molecular formula is C17H8ClF3N2OS. The molecular weight excluding hydrogens is 373 g/mol. The standard InChI is InChI=1S/C17H8ClF3N2OS/c1-2-6-23-15-12(21)7-9(19)8-13(15)25-17(23)22-16(24)14-10(18)4-3-5-11(14)20/h1,3-5,7-8H,6H2. The van der Waals surface area contributed by atoms with E-state index in [-0.39, 0.29) is 26.6 Å². The largest absolute Gasteiger partial charge is 0.302 e. The highest BCUT2D eigenvalue weighted by atomic mass is 35.5. The lowest BCUT2D eigenvalue weighted by molar-refractivity contribution is 0.0994. The first-order chi connectivity index (χ1) is 11.9. The zero-order valence-corrected chi connectivity index (χ0v) is 14.0. The smallest absolute Gasteiger partial charge is 0.284 e. The molecule has 2 aromatic carbocycles. The van der Waals surface area contributed by atoms with Gasteiger partial charge in [0.05, 0.1) is 27.3 Å². The molecule has 0 aliphatic carbocycles. The third-order valence-electron chi connectivity index (χ3n) is 3.32. The first-order valence-electron chi connectivity index (χ1n) is 6.87. The van der Waals surface area contributed by atoms with Crippen LogP contribution < -0.4 is 4.80 Å². The molecule has 0 aliphatic heterocycles. The van der Waals surface area contributed by atoms with Crippen molar-refractivity contribution >= 4 is 39.1 Å². The normalized spacial score (nSPS) is 11.7. The zero-order chi connectivity index (χ0) is 18.1. The molecule has 0 atom stereocenters. The fourth-order valence-corrected chi connectivity index (χ4v) is 3.61.